The van der Waals surface area contributed by atoms with Crippen LogP contribution in [-0.4, -0.2) is 18.8 Å². The van der Waals surface area contributed by atoms with Crippen molar-refractivity contribution in [3.8, 4) is 5.75 Å². The lowest BCUT2D eigenvalue weighted by Gasteiger charge is -2.20. The van der Waals surface area contributed by atoms with E-state index in [4.69, 9.17) is 16.3 Å². The number of anilines is 1. The maximum Gasteiger partial charge on any atom is 0.130 e. The van der Waals surface area contributed by atoms with Crippen molar-refractivity contribution in [2.75, 3.05) is 19.0 Å². The molecular formula is C15H15ClFNO2. The van der Waals surface area contributed by atoms with Gasteiger partial charge in [0.05, 0.1) is 19.8 Å². The second-order valence-corrected chi connectivity index (χ2v) is 4.65. The molecule has 0 aliphatic heterocycles. The van der Waals surface area contributed by atoms with Crippen molar-refractivity contribution in [3.63, 3.8) is 0 Å². The van der Waals surface area contributed by atoms with Gasteiger partial charge < -0.3 is 15.2 Å². The number of rotatable bonds is 5. The van der Waals surface area contributed by atoms with E-state index in [2.05, 4.69) is 5.32 Å². The second-order valence-electron chi connectivity index (χ2n) is 4.24. The van der Waals surface area contributed by atoms with E-state index < -0.39 is 11.9 Å². The van der Waals surface area contributed by atoms with Gasteiger partial charge in [0.15, 0.2) is 0 Å². The fraction of sp³-hybridized carbons (Fsp3) is 0.200. The minimum Gasteiger partial charge on any atom is -0.497 e. The predicted octanol–water partition coefficient (Wildman–Crippen LogP) is 3.63. The summed E-state index contributed by atoms with van der Waals surface area (Å²) < 4.78 is 18.9. The maximum absolute atomic E-state index is 13.9. The minimum absolute atomic E-state index is 0.257. The van der Waals surface area contributed by atoms with E-state index >= 15 is 0 Å². The van der Waals surface area contributed by atoms with Gasteiger partial charge in [-0.1, -0.05) is 17.7 Å². The van der Waals surface area contributed by atoms with Gasteiger partial charge in [-0.3, -0.25) is 0 Å². The van der Waals surface area contributed by atoms with Crippen molar-refractivity contribution in [1.29, 1.82) is 0 Å². The Kier molecular flexibility index (Phi) is 4.82. The molecule has 1 atom stereocenters. The first-order valence-electron chi connectivity index (χ1n) is 6.11. The van der Waals surface area contributed by atoms with Gasteiger partial charge >= 0.3 is 0 Å². The molecule has 1 unspecified atom stereocenters. The first kappa shape index (κ1) is 14.6. The zero-order chi connectivity index (χ0) is 14.5. The van der Waals surface area contributed by atoms with Crippen molar-refractivity contribution in [2.45, 2.75) is 6.04 Å². The Morgan fingerprint density at radius 3 is 2.50 bits per heavy atom. The van der Waals surface area contributed by atoms with E-state index in [1.807, 2.05) is 0 Å². The van der Waals surface area contributed by atoms with Crippen LogP contribution in [0.5, 0.6) is 5.75 Å². The third-order valence-electron chi connectivity index (χ3n) is 2.96. The van der Waals surface area contributed by atoms with Crippen LogP contribution in [0.3, 0.4) is 0 Å². The summed E-state index contributed by atoms with van der Waals surface area (Å²) >= 11 is 6.01. The average Bonchev–Trinajstić information content (AvgIpc) is 2.46. The number of halogens is 2. The van der Waals surface area contributed by atoms with Gasteiger partial charge in [0.2, 0.25) is 0 Å². The molecule has 0 bridgehead atoms. The highest BCUT2D eigenvalue weighted by Crippen LogP contribution is 2.29. The zero-order valence-corrected chi connectivity index (χ0v) is 11.7. The Balaban J connectivity index is 2.24. The van der Waals surface area contributed by atoms with E-state index in [0.29, 0.717) is 0 Å². The van der Waals surface area contributed by atoms with Gasteiger partial charge in [-0.25, -0.2) is 4.39 Å². The first-order chi connectivity index (χ1) is 9.65. The molecule has 0 fully saturated rings. The quantitative estimate of drug-likeness (QED) is 0.885. The van der Waals surface area contributed by atoms with Gasteiger partial charge in [-0.05, 0) is 36.4 Å². The molecule has 5 heteroatoms. The smallest absolute Gasteiger partial charge is 0.130 e. The molecule has 2 N–H and O–H groups in total. The average molecular weight is 296 g/mol. The predicted molar refractivity (Wildman–Crippen MR) is 77.9 cm³/mol. The minimum atomic E-state index is -0.614. The summed E-state index contributed by atoms with van der Waals surface area (Å²) in [5.74, 6) is 0.276. The molecule has 0 aromatic heterocycles. The number of ether oxygens (including phenoxy) is 1. The van der Waals surface area contributed by atoms with Crippen molar-refractivity contribution in [2.24, 2.45) is 0 Å². The number of aliphatic hydroxyl groups excluding tert-OH is 1. The molecule has 3 nitrogen and oxygen atoms in total. The molecule has 20 heavy (non-hydrogen) atoms. The second kappa shape index (κ2) is 6.59. The highest BCUT2D eigenvalue weighted by Gasteiger charge is 2.18. The summed E-state index contributed by atoms with van der Waals surface area (Å²) in [7, 11) is 1.58. The lowest BCUT2D eigenvalue weighted by molar-refractivity contribution is 0.274. The van der Waals surface area contributed by atoms with Gasteiger partial charge in [0.1, 0.15) is 11.6 Å². The number of aliphatic hydroxyl groups is 1. The number of methoxy groups -OCH3 is 1. The van der Waals surface area contributed by atoms with Gasteiger partial charge in [-0.15, -0.1) is 0 Å². The Labute approximate surface area is 122 Å². The summed E-state index contributed by atoms with van der Waals surface area (Å²) in [5, 5.41) is 12.8. The Bertz CT molecular complexity index is 554. The normalized spacial score (nSPS) is 12.0. The molecule has 2 aromatic rings. The van der Waals surface area contributed by atoms with E-state index in [9.17, 15) is 9.50 Å². The molecule has 0 radical (unpaired) electrons. The van der Waals surface area contributed by atoms with Crippen LogP contribution in [0.1, 0.15) is 11.6 Å². The van der Waals surface area contributed by atoms with Crippen LogP contribution in [0, 0.1) is 5.82 Å². The van der Waals surface area contributed by atoms with Crippen molar-refractivity contribution < 1.29 is 14.2 Å². The van der Waals surface area contributed by atoms with Crippen molar-refractivity contribution >= 4 is 17.3 Å². The summed E-state index contributed by atoms with van der Waals surface area (Å²) in [4.78, 5) is 0. The van der Waals surface area contributed by atoms with E-state index in [1.54, 1.807) is 37.4 Å². The monoisotopic (exact) mass is 295 g/mol. The topological polar surface area (TPSA) is 41.5 Å². The van der Waals surface area contributed by atoms with Crippen molar-refractivity contribution in [1.82, 2.24) is 0 Å². The first-order valence-corrected chi connectivity index (χ1v) is 6.49. The van der Waals surface area contributed by atoms with E-state index in [1.165, 1.54) is 12.1 Å². The SMILES string of the molecule is COc1ccc(NC(CO)c2c(F)cccc2Cl)cc1. The summed E-state index contributed by atoms with van der Waals surface area (Å²) in [6, 6.07) is 11.0. The highest BCUT2D eigenvalue weighted by molar-refractivity contribution is 6.31. The third kappa shape index (κ3) is 3.21. The molecule has 0 saturated heterocycles. The standard InChI is InChI=1S/C15H15ClFNO2/c1-20-11-7-5-10(6-8-11)18-14(9-19)15-12(16)3-2-4-13(15)17/h2-8,14,18-19H,9H2,1H3. The van der Waals surface area contributed by atoms with Crippen LogP contribution in [-0.2, 0) is 0 Å². The number of hydrogen-bond donors (Lipinski definition) is 2. The molecule has 106 valence electrons. The Morgan fingerprint density at radius 2 is 1.95 bits per heavy atom. The Morgan fingerprint density at radius 1 is 1.25 bits per heavy atom. The molecule has 0 saturated carbocycles. The molecule has 0 spiro atoms. The number of hydrogen-bond acceptors (Lipinski definition) is 3. The zero-order valence-electron chi connectivity index (χ0n) is 10.9. The lowest BCUT2D eigenvalue weighted by atomic mass is 10.1. The molecule has 0 heterocycles. The van der Waals surface area contributed by atoms with Crippen LogP contribution in [0.4, 0.5) is 10.1 Å². The van der Waals surface area contributed by atoms with Gasteiger partial charge in [-0.2, -0.15) is 0 Å². The lowest BCUT2D eigenvalue weighted by Crippen LogP contribution is -2.16. The number of benzene rings is 2. The van der Waals surface area contributed by atoms with Crippen LogP contribution in [0.2, 0.25) is 5.02 Å². The summed E-state index contributed by atoms with van der Waals surface area (Å²) in [6.45, 7) is -0.271. The van der Waals surface area contributed by atoms with E-state index in [0.717, 1.165) is 11.4 Å². The summed E-state index contributed by atoms with van der Waals surface area (Å²) in [5.41, 5.74) is 0.997. The maximum atomic E-state index is 13.9. The number of nitrogens with one attached hydrogen (secondary N) is 1. The van der Waals surface area contributed by atoms with E-state index in [-0.39, 0.29) is 17.2 Å². The van der Waals surface area contributed by atoms with Crippen LogP contribution in [0.15, 0.2) is 42.5 Å². The largest absolute Gasteiger partial charge is 0.497 e. The highest BCUT2D eigenvalue weighted by atomic mass is 35.5. The van der Waals surface area contributed by atoms with Crippen LogP contribution < -0.4 is 10.1 Å². The Hall–Kier alpha value is -1.78. The fourth-order valence-electron chi connectivity index (χ4n) is 1.94. The fourth-order valence-corrected chi connectivity index (χ4v) is 2.24. The molecule has 0 aliphatic carbocycles. The molecule has 0 aliphatic rings. The summed E-state index contributed by atoms with van der Waals surface area (Å²) in [6.07, 6.45) is 0. The van der Waals surface area contributed by atoms with Crippen molar-refractivity contribution in [3.05, 3.63) is 58.9 Å². The molecule has 2 aromatic carbocycles. The van der Waals surface area contributed by atoms with Gasteiger partial charge in [0.25, 0.3) is 0 Å². The third-order valence-corrected chi connectivity index (χ3v) is 3.29. The van der Waals surface area contributed by atoms with Crippen LogP contribution in [0.25, 0.3) is 0 Å². The van der Waals surface area contributed by atoms with Gasteiger partial charge in [0, 0.05) is 16.3 Å². The van der Waals surface area contributed by atoms with Crippen LogP contribution >= 0.6 is 11.6 Å². The molecule has 2 rings (SSSR count). The molecule has 0 amide bonds. The molecular weight excluding hydrogens is 281 g/mol.